The summed E-state index contributed by atoms with van der Waals surface area (Å²) in [5.41, 5.74) is 1.16. The summed E-state index contributed by atoms with van der Waals surface area (Å²) in [5.74, 6) is 2.21. The van der Waals surface area contributed by atoms with Gasteiger partial charge in [0.2, 0.25) is 0 Å². The molecule has 1 heterocycles. The highest BCUT2D eigenvalue weighted by molar-refractivity contribution is 5.39. The van der Waals surface area contributed by atoms with E-state index in [9.17, 15) is 0 Å². The van der Waals surface area contributed by atoms with Crippen molar-refractivity contribution < 1.29 is 9.47 Å². The second-order valence-electron chi connectivity index (χ2n) is 6.15. The molecule has 3 heteroatoms. The minimum atomic E-state index is 0.185. The van der Waals surface area contributed by atoms with Gasteiger partial charge in [0.1, 0.15) is 12.7 Å². The SMILES string of the molecule is C[C@H](Oc1ccccc1OCc1ccccc1)[C@H]1CCCNC1. The van der Waals surface area contributed by atoms with Crippen molar-refractivity contribution in [3.05, 3.63) is 60.2 Å². The molecule has 2 aromatic carbocycles. The molecule has 0 unspecified atom stereocenters. The molecule has 0 aliphatic carbocycles. The molecule has 0 amide bonds. The second kappa shape index (κ2) is 8.02. The van der Waals surface area contributed by atoms with E-state index < -0.39 is 0 Å². The van der Waals surface area contributed by atoms with Gasteiger partial charge in [0.15, 0.2) is 11.5 Å². The third-order valence-corrected chi connectivity index (χ3v) is 4.40. The summed E-state index contributed by atoms with van der Waals surface area (Å²) in [6.45, 7) is 4.88. The van der Waals surface area contributed by atoms with E-state index in [1.54, 1.807) is 0 Å². The van der Waals surface area contributed by atoms with Crippen LogP contribution in [-0.2, 0) is 6.61 Å². The summed E-state index contributed by atoms with van der Waals surface area (Å²) < 4.78 is 12.2. The van der Waals surface area contributed by atoms with E-state index in [0.29, 0.717) is 12.5 Å². The normalized spacial score (nSPS) is 19.1. The molecular formula is C20H25NO2. The van der Waals surface area contributed by atoms with Crippen LogP contribution in [0.1, 0.15) is 25.3 Å². The molecule has 0 spiro atoms. The maximum Gasteiger partial charge on any atom is 0.161 e. The molecule has 1 aliphatic heterocycles. The first-order chi connectivity index (χ1) is 11.3. The Hall–Kier alpha value is -2.00. The molecule has 2 atom stereocenters. The van der Waals surface area contributed by atoms with Crippen LogP contribution in [0.2, 0.25) is 0 Å². The number of para-hydroxylation sites is 2. The predicted octanol–water partition coefficient (Wildman–Crippen LogP) is 4.03. The van der Waals surface area contributed by atoms with Gasteiger partial charge in [-0.15, -0.1) is 0 Å². The Labute approximate surface area is 138 Å². The molecule has 1 aliphatic rings. The monoisotopic (exact) mass is 311 g/mol. The Kier molecular flexibility index (Phi) is 5.54. The maximum absolute atomic E-state index is 6.21. The fraction of sp³-hybridized carbons (Fsp3) is 0.400. The molecule has 0 radical (unpaired) electrons. The second-order valence-corrected chi connectivity index (χ2v) is 6.15. The number of benzene rings is 2. The topological polar surface area (TPSA) is 30.5 Å². The Morgan fingerprint density at radius 2 is 1.78 bits per heavy atom. The lowest BCUT2D eigenvalue weighted by atomic mass is 9.94. The van der Waals surface area contributed by atoms with Gasteiger partial charge in [-0.25, -0.2) is 0 Å². The maximum atomic E-state index is 6.21. The smallest absolute Gasteiger partial charge is 0.161 e. The summed E-state index contributed by atoms with van der Waals surface area (Å²) in [6.07, 6.45) is 2.63. The fourth-order valence-corrected chi connectivity index (χ4v) is 2.98. The van der Waals surface area contributed by atoms with Gasteiger partial charge in [0.05, 0.1) is 0 Å². The Morgan fingerprint density at radius 1 is 1.04 bits per heavy atom. The summed E-state index contributed by atoms with van der Waals surface area (Å²) in [7, 11) is 0. The van der Waals surface area contributed by atoms with Crippen LogP contribution >= 0.6 is 0 Å². The van der Waals surface area contributed by atoms with Gasteiger partial charge in [0.25, 0.3) is 0 Å². The van der Waals surface area contributed by atoms with E-state index in [-0.39, 0.29) is 6.10 Å². The van der Waals surface area contributed by atoms with Crippen molar-refractivity contribution in [1.82, 2.24) is 5.32 Å². The van der Waals surface area contributed by atoms with Crippen molar-refractivity contribution in [2.24, 2.45) is 5.92 Å². The number of nitrogens with one attached hydrogen (secondary N) is 1. The van der Waals surface area contributed by atoms with Crippen LogP contribution in [-0.4, -0.2) is 19.2 Å². The van der Waals surface area contributed by atoms with Crippen LogP contribution in [0.15, 0.2) is 54.6 Å². The summed E-state index contributed by atoms with van der Waals surface area (Å²) in [4.78, 5) is 0. The highest BCUT2D eigenvalue weighted by Gasteiger charge is 2.22. The van der Waals surface area contributed by atoms with E-state index >= 15 is 0 Å². The number of piperidine rings is 1. The predicted molar refractivity (Wildman–Crippen MR) is 92.9 cm³/mol. The van der Waals surface area contributed by atoms with Gasteiger partial charge in [-0.1, -0.05) is 42.5 Å². The molecule has 0 saturated carbocycles. The van der Waals surface area contributed by atoms with Crippen molar-refractivity contribution in [3.63, 3.8) is 0 Å². The summed E-state index contributed by atoms with van der Waals surface area (Å²) >= 11 is 0. The average molecular weight is 311 g/mol. The standard InChI is InChI=1S/C20H25NO2/c1-16(18-10-7-13-21-14-18)23-20-12-6-5-11-19(20)22-15-17-8-3-2-4-9-17/h2-6,8-9,11-12,16,18,21H,7,10,13-15H2,1H3/t16-,18-/m0/s1. The molecule has 122 valence electrons. The lowest BCUT2D eigenvalue weighted by Gasteiger charge is -2.29. The molecule has 1 N–H and O–H groups in total. The van der Waals surface area contributed by atoms with Gasteiger partial charge < -0.3 is 14.8 Å². The zero-order valence-corrected chi connectivity index (χ0v) is 13.7. The van der Waals surface area contributed by atoms with Gasteiger partial charge in [-0.2, -0.15) is 0 Å². The van der Waals surface area contributed by atoms with Gasteiger partial charge in [-0.3, -0.25) is 0 Å². The fourth-order valence-electron chi connectivity index (χ4n) is 2.98. The molecule has 2 aromatic rings. The Morgan fingerprint density at radius 3 is 2.52 bits per heavy atom. The van der Waals surface area contributed by atoms with E-state index in [1.165, 1.54) is 12.8 Å². The summed E-state index contributed by atoms with van der Waals surface area (Å²) in [5, 5.41) is 3.45. The quantitative estimate of drug-likeness (QED) is 0.873. The number of hydrogen-bond donors (Lipinski definition) is 1. The number of hydrogen-bond acceptors (Lipinski definition) is 3. The third-order valence-electron chi connectivity index (χ3n) is 4.40. The number of ether oxygens (including phenoxy) is 2. The van der Waals surface area contributed by atoms with Crippen molar-refractivity contribution >= 4 is 0 Å². The van der Waals surface area contributed by atoms with E-state index in [2.05, 4.69) is 24.4 Å². The zero-order valence-electron chi connectivity index (χ0n) is 13.7. The lowest BCUT2D eigenvalue weighted by Crippen LogP contribution is -2.37. The first-order valence-corrected chi connectivity index (χ1v) is 8.46. The average Bonchev–Trinajstić information content (AvgIpc) is 2.62. The first-order valence-electron chi connectivity index (χ1n) is 8.46. The van der Waals surface area contributed by atoms with Crippen molar-refractivity contribution in [3.8, 4) is 11.5 Å². The third kappa shape index (κ3) is 4.49. The van der Waals surface area contributed by atoms with Gasteiger partial charge in [0, 0.05) is 12.5 Å². The summed E-state index contributed by atoms with van der Waals surface area (Å²) in [6, 6.07) is 18.2. The van der Waals surface area contributed by atoms with Crippen molar-refractivity contribution in [1.29, 1.82) is 0 Å². The molecule has 1 fully saturated rings. The molecule has 3 nitrogen and oxygen atoms in total. The molecule has 0 bridgehead atoms. The van der Waals surface area contributed by atoms with Crippen LogP contribution in [0.25, 0.3) is 0 Å². The van der Waals surface area contributed by atoms with E-state index in [1.807, 2.05) is 42.5 Å². The minimum absolute atomic E-state index is 0.185. The highest BCUT2D eigenvalue weighted by atomic mass is 16.5. The van der Waals surface area contributed by atoms with Crippen LogP contribution in [0, 0.1) is 5.92 Å². The van der Waals surface area contributed by atoms with Crippen LogP contribution in [0.5, 0.6) is 11.5 Å². The lowest BCUT2D eigenvalue weighted by molar-refractivity contribution is 0.125. The van der Waals surface area contributed by atoms with Gasteiger partial charge >= 0.3 is 0 Å². The molecular weight excluding hydrogens is 286 g/mol. The largest absolute Gasteiger partial charge is 0.486 e. The van der Waals surface area contributed by atoms with Crippen LogP contribution in [0.4, 0.5) is 0 Å². The zero-order chi connectivity index (χ0) is 15.9. The van der Waals surface area contributed by atoms with Crippen molar-refractivity contribution in [2.45, 2.75) is 32.5 Å². The molecule has 3 rings (SSSR count). The Bertz CT molecular complexity index is 594. The number of rotatable bonds is 6. The van der Waals surface area contributed by atoms with Gasteiger partial charge in [-0.05, 0) is 44.0 Å². The molecule has 23 heavy (non-hydrogen) atoms. The molecule has 0 aromatic heterocycles. The van der Waals surface area contributed by atoms with E-state index in [0.717, 1.165) is 30.2 Å². The first kappa shape index (κ1) is 15.9. The van der Waals surface area contributed by atoms with Crippen LogP contribution in [0.3, 0.4) is 0 Å². The van der Waals surface area contributed by atoms with E-state index in [4.69, 9.17) is 9.47 Å². The molecule has 1 saturated heterocycles. The Balaban J connectivity index is 1.63. The van der Waals surface area contributed by atoms with Crippen LogP contribution < -0.4 is 14.8 Å². The van der Waals surface area contributed by atoms with Crippen molar-refractivity contribution in [2.75, 3.05) is 13.1 Å². The highest BCUT2D eigenvalue weighted by Crippen LogP contribution is 2.30. The minimum Gasteiger partial charge on any atom is -0.486 e.